The number of hydrogen-bond donors (Lipinski definition) is 2. The van der Waals surface area contributed by atoms with Gasteiger partial charge in [0, 0.05) is 11.8 Å². The molecule has 0 saturated heterocycles. The van der Waals surface area contributed by atoms with E-state index in [0.717, 1.165) is 6.42 Å². The average Bonchev–Trinajstić information content (AvgIpc) is 2.48. The summed E-state index contributed by atoms with van der Waals surface area (Å²) in [4.78, 5) is 4.08. The topological polar surface area (TPSA) is 81.2 Å². The quantitative estimate of drug-likeness (QED) is 0.631. The number of nitrogens with zero attached hydrogens (tertiary/aromatic N) is 1. The number of benzene rings is 1. The number of nitrogens with one attached hydrogen (secondary N) is 1. The van der Waals surface area contributed by atoms with Gasteiger partial charge in [-0.3, -0.25) is 5.41 Å². The molecule has 0 fully saturated rings. The zero-order valence-electron chi connectivity index (χ0n) is 11.6. The zero-order valence-corrected chi connectivity index (χ0v) is 12.4. The summed E-state index contributed by atoms with van der Waals surface area (Å²) >= 11 is 6.16. The first-order valence-corrected chi connectivity index (χ1v) is 6.89. The molecule has 0 aliphatic carbocycles. The van der Waals surface area contributed by atoms with Gasteiger partial charge in [-0.2, -0.15) is 0 Å². The van der Waals surface area contributed by atoms with Crippen molar-refractivity contribution >= 4 is 17.4 Å². The molecular formula is C15H16ClN3O2. The van der Waals surface area contributed by atoms with Crippen LogP contribution in [0.15, 0.2) is 36.5 Å². The monoisotopic (exact) mass is 305 g/mol. The normalized spacial score (nSPS) is 10.2. The van der Waals surface area contributed by atoms with Gasteiger partial charge in [0.25, 0.3) is 0 Å². The van der Waals surface area contributed by atoms with Gasteiger partial charge in [-0.1, -0.05) is 30.7 Å². The molecule has 0 atom stereocenters. The van der Waals surface area contributed by atoms with Crippen LogP contribution >= 0.6 is 11.6 Å². The number of aromatic nitrogens is 1. The van der Waals surface area contributed by atoms with E-state index in [9.17, 15) is 0 Å². The van der Waals surface area contributed by atoms with Crippen LogP contribution in [0.25, 0.3) is 0 Å². The maximum Gasteiger partial charge on any atom is 0.239 e. The van der Waals surface area contributed by atoms with Gasteiger partial charge in [-0.05, 0) is 24.6 Å². The first-order valence-electron chi connectivity index (χ1n) is 6.52. The lowest BCUT2D eigenvalue weighted by atomic mass is 10.2. The lowest BCUT2D eigenvalue weighted by Gasteiger charge is -2.13. The highest BCUT2D eigenvalue weighted by Crippen LogP contribution is 2.34. The van der Waals surface area contributed by atoms with Gasteiger partial charge in [-0.25, -0.2) is 4.98 Å². The molecule has 1 aromatic carbocycles. The number of hydrogen-bond acceptors (Lipinski definition) is 4. The van der Waals surface area contributed by atoms with Crippen molar-refractivity contribution in [3.63, 3.8) is 0 Å². The van der Waals surface area contributed by atoms with Crippen molar-refractivity contribution in [2.24, 2.45) is 5.73 Å². The van der Waals surface area contributed by atoms with Crippen molar-refractivity contribution in [3.8, 4) is 17.4 Å². The molecule has 1 heterocycles. The second-order valence-corrected chi connectivity index (χ2v) is 4.67. The fraction of sp³-hybridized carbons (Fsp3) is 0.200. The van der Waals surface area contributed by atoms with Gasteiger partial charge in [0.1, 0.15) is 10.9 Å². The highest BCUT2D eigenvalue weighted by Gasteiger charge is 2.13. The Kier molecular flexibility index (Phi) is 5.00. The third kappa shape index (κ3) is 3.64. The summed E-state index contributed by atoms with van der Waals surface area (Å²) in [5.41, 5.74) is 5.85. The summed E-state index contributed by atoms with van der Waals surface area (Å²) in [6.45, 7) is 2.62. The molecule has 3 N–H and O–H groups in total. The maximum atomic E-state index is 7.47. The Morgan fingerprint density at radius 1 is 1.29 bits per heavy atom. The predicted octanol–water partition coefficient (Wildman–Crippen LogP) is 3.60. The van der Waals surface area contributed by atoms with Gasteiger partial charge >= 0.3 is 0 Å². The lowest BCUT2D eigenvalue weighted by molar-refractivity contribution is 0.301. The first kappa shape index (κ1) is 15.1. The molecule has 2 rings (SSSR count). The molecule has 0 amide bonds. The summed E-state index contributed by atoms with van der Waals surface area (Å²) in [6.07, 6.45) is 2.39. The highest BCUT2D eigenvalue weighted by molar-refractivity contribution is 6.35. The van der Waals surface area contributed by atoms with Crippen molar-refractivity contribution in [2.75, 3.05) is 6.61 Å². The Balaban J connectivity index is 2.30. The van der Waals surface area contributed by atoms with E-state index >= 15 is 0 Å². The molecule has 110 valence electrons. The molecule has 2 aromatic rings. The van der Waals surface area contributed by atoms with E-state index in [1.807, 2.05) is 25.1 Å². The van der Waals surface area contributed by atoms with Crippen molar-refractivity contribution in [1.29, 1.82) is 5.41 Å². The SMILES string of the molecule is CCCOc1ccccc1Oc1nccc(C(=N)N)c1Cl. The Morgan fingerprint density at radius 3 is 2.67 bits per heavy atom. The van der Waals surface area contributed by atoms with Gasteiger partial charge in [0.2, 0.25) is 5.88 Å². The fourth-order valence-electron chi connectivity index (χ4n) is 1.67. The molecule has 5 nitrogen and oxygen atoms in total. The van der Waals surface area contributed by atoms with E-state index < -0.39 is 0 Å². The molecule has 6 heteroatoms. The standard InChI is InChI=1S/C15H16ClN3O2/c1-2-9-20-11-5-3-4-6-12(11)21-15-13(16)10(14(17)18)7-8-19-15/h3-8H,2,9H2,1H3,(H3,17,18). The van der Waals surface area contributed by atoms with Gasteiger partial charge in [-0.15, -0.1) is 0 Å². The second kappa shape index (κ2) is 6.95. The Morgan fingerprint density at radius 2 is 2.00 bits per heavy atom. The summed E-state index contributed by atoms with van der Waals surface area (Å²) in [5.74, 6) is 1.19. The number of ether oxygens (including phenoxy) is 2. The number of nitrogen functional groups attached to an aromatic ring is 1. The summed E-state index contributed by atoms with van der Waals surface area (Å²) in [5, 5.41) is 7.68. The van der Waals surface area contributed by atoms with Crippen molar-refractivity contribution in [2.45, 2.75) is 13.3 Å². The number of nitrogens with two attached hydrogens (primary N) is 1. The zero-order chi connectivity index (χ0) is 15.2. The van der Waals surface area contributed by atoms with Crippen LogP contribution in [0.4, 0.5) is 0 Å². The number of pyridine rings is 1. The maximum absolute atomic E-state index is 7.47. The van der Waals surface area contributed by atoms with Crippen molar-refractivity contribution in [1.82, 2.24) is 4.98 Å². The van der Waals surface area contributed by atoms with E-state index in [2.05, 4.69) is 4.98 Å². The molecule has 0 aliphatic rings. The fourth-order valence-corrected chi connectivity index (χ4v) is 1.93. The van der Waals surface area contributed by atoms with E-state index in [4.69, 9.17) is 32.2 Å². The van der Waals surface area contributed by atoms with Crippen LogP contribution in [-0.4, -0.2) is 17.4 Å². The number of rotatable bonds is 6. The van der Waals surface area contributed by atoms with Crippen molar-refractivity contribution < 1.29 is 9.47 Å². The minimum Gasteiger partial charge on any atom is -0.490 e. The third-order valence-electron chi connectivity index (χ3n) is 2.66. The smallest absolute Gasteiger partial charge is 0.239 e. The lowest BCUT2D eigenvalue weighted by Crippen LogP contribution is -2.12. The van der Waals surface area contributed by atoms with Crippen LogP contribution in [0.2, 0.25) is 5.02 Å². The molecule has 0 saturated carbocycles. The predicted molar refractivity (Wildman–Crippen MR) is 82.6 cm³/mol. The summed E-state index contributed by atoms with van der Waals surface area (Å²) < 4.78 is 11.3. The van der Waals surface area contributed by atoms with Crippen LogP contribution in [-0.2, 0) is 0 Å². The Bertz CT molecular complexity index is 647. The molecule has 0 spiro atoms. The Labute approximate surface area is 128 Å². The summed E-state index contributed by atoms with van der Waals surface area (Å²) in [6, 6.07) is 8.84. The number of para-hydroxylation sites is 2. The molecule has 0 bridgehead atoms. The van der Waals surface area contributed by atoms with E-state index in [1.54, 1.807) is 12.1 Å². The molecule has 1 aromatic heterocycles. The van der Waals surface area contributed by atoms with Crippen LogP contribution in [0, 0.1) is 5.41 Å². The van der Waals surface area contributed by atoms with Crippen LogP contribution in [0.1, 0.15) is 18.9 Å². The molecule has 21 heavy (non-hydrogen) atoms. The minimum absolute atomic E-state index is 0.136. The van der Waals surface area contributed by atoms with Crippen LogP contribution in [0.3, 0.4) is 0 Å². The molecular weight excluding hydrogens is 290 g/mol. The molecule has 0 unspecified atom stereocenters. The van der Waals surface area contributed by atoms with Crippen molar-refractivity contribution in [3.05, 3.63) is 47.1 Å². The van der Waals surface area contributed by atoms with Crippen LogP contribution in [0.5, 0.6) is 17.4 Å². The van der Waals surface area contributed by atoms with Gasteiger partial charge in [0.15, 0.2) is 11.5 Å². The Hall–Kier alpha value is -2.27. The third-order valence-corrected chi connectivity index (χ3v) is 3.03. The highest BCUT2D eigenvalue weighted by atomic mass is 35.5. The number of amidine groups is 1. The average molecular weight is 306 g/mol. The second-order valence-electron chi connectivity index (χ2n) is 4.29. The van der Waals surface area contributed by atoms with Gasteiger partial charge in [0.05, 0.1) is 6.61 Å². The van der Waals surface area contributed by atoms with E-state index in [1.165, 1.54) is 6.20 Å². The van der Waals surface area contributed by atoms with Crippen LogP contribution < -0.4 is 15.2 Å². The number of halogens is 1. The van der Waals surface area contributed by atoms with E-state index in [-0.39, 0.29) is 16.7 Å². The van der Waals surface area contributed by atoms with E-state index in [0.29, 0.717) is 23.7 Å². The first-order chi connectivity index (χ1) is 10.1. The molecule has 0 aliphatic heterocycles. The minimum atomic E-state index is -0.136. The summed E-state index contributed by atoms with van der Waals surface area (Å²) in [7, 11) is 0. The largest absolute Gasteiger partial charge is 0.490 e. The molecule has 0 radical (unpaired) electrons. The van der Waals surface area contributed by atoms with Gasteiger partial charge < -0.3 is 15.2 Å².